The molecule has 0 spiro atoms. The zero-order chi connectivity index (χ0) is 13.1. The van der Waals surface area contributed by atoms with E-state index in [1.165, 1.54) is 4.88 Å². The van der Waals surface area contributed by atoms with E-state index in [4.69, 9.17) is 10.5 Å². The average Bonchev–Trinajstić information content (AvgIpc) is 2.71. The Morgan fingerprint density at radius 2 is 2.12 bits per heavy atom. The fourth-order valence-corrected chi connectivity index (χ4v) is 3.02. The quantitative estimate of drug-likeness (QED) is 0.838. The molecule has 2 N–H and O–H groups in total. The molecule has 2 atom stereocenters. The Balaban J connectivity index is 2.89. The van der Waals surface area contributed by atoms with Crippen LogP contribution in [-0.4, -0.2) is 11.6 Å². The molecule has 0 aliphatic rings. The van der Waals surface area contributed by atoms with E-state index in [1.807, 2.05) is 0 Å². The highest BCUT2D eigenvalue weighted by molar-refractivity contribution is 9.10. The van der Waals surface area contributed by atoms with Gasteiger partial charge in [0.1, 0.15) is 6.10 Å². The number of hydrogen-bond donors (Lipinski definition) is 1. The first kappa shape index (κ1) is 15.2. The van der Waals surface area contributed by atoms with E-state index in [9.17, 15) is 0 Å². The van der Waals surface area contributed by atoms with Gasteiger partial charge in [-0.1, -0.05) is 13.8 Å². The maximum Gasteiger partial charge on any atom is 0.107 e. The number of thiophene rings is 1. The van der Waals surface area contributed by atoms with Crippen LogP contribution in [0.5, 0.6) is 0 Å². The second-order valence-electron chi connectivity index (χ2n) is 4.89. The van der Waals surface area contributed by atoms with Gasteiger partial charge in [-0.25, -0.2) is 0 Å². The summed E-state index contributed by atoms with van der Waals surface area (Å²) in [5, 5.41) is 2.08. The van der Waals surface area contributed by atoms with Crippen molar-refractivity contribution in [2.75, 3.05) is 0 Å². The predicted octanol–water partition coefficient (Wildman–Crippen LogP) is 4.49. The summed E-state index contributed by atoms with van der Waals surface area (Å²) < 4.78 is 7.30. The SMILES string of the molecule is CCC(N)C(OC(C)(C)CC)c1cc(Br)cs1. The first-order valence-electron chi connectivity index (χ1n) is 6.07. The molecule has 2 unspecified atom stereocenters. The molecular formula is C13H22BrNOS. The third kappa shape index (κ3) is 4.36. The monoisotopic (exact) mass is 319 g/mol. The zero-order valence-electron chi connectivity index (χ0n) is 11.0. The molecule has 0 aromatic carbocycles. The summed E-state index contributed by atoms with van der Waals surface area (Å²) in [6.45, 7) is 8.47. The summed E-state index contributed by atoms with van der Waals surface area (Å²) in [4.78, 5) is 1.20. The number of halogens is 1. The van der Waals surface area contributed by atoms with Gasteiger partial charge in [0.05, 0.1) is 5.60 Å². The predicted molar refractivity (Wildman–Crippen MR) is 78.5 cm³/mol. The summed E-state index contributed by atoms with van der Waals surface area (Å²) in [5.41, 5.74) is 6.06. The van der Waals surface area contributed by atoms with Crippen molar-refractivity contribution >= 4 is 27.3 Å². The maximum atomic E-state index is 6.20. The van der Waals surface area contributed by atoms with Crippen LogP contribution < -0.4 is 5.73 Å². The molecule has 1 aromatic heterocycles. The Labute approximate surface area is 117 Å². The molecule has 1 heterocycles. The van der Waals surface area contributed by atoms with Gasteiger partial charge >= 0.3 is 0 Å². The van der Waals surface area contributed by atoms with Gasteiger partial charge in [0.25, 0.3) is 0 Å². The van der Waals surface area contributed by atoms with Crippen LogP contribution in [0.4, 0.5) is 0 Å². The van der Waals surface area contributed by atoms with Gasteiger partial charge in [-0.05, 0) is 48.7 Å². The molecule has 2 nitrogen and oxygen atoms in total. The van der Waals surface area contributed by atoms with Gasteiger partial charge in [-0.3, -0.25) is 0 Å². The van der Waals surface area contributed by atoms with Gasteiger partial charge in [0.15, 0.2) is 0 Å². The second kappa shape index (κ2) is 6.32. The van der Waals surface area contributed by atoms with Crippen LogP contribution in [-0.2, 0) is 4.74 Å². The van der Waals surface area contributed by atoms with E-state index in [2.05, 4.69) is 55.1 Å². The molecule has 0 saturated carbocycles. The summed E-state index contributed by atoms with van der Waals surface area (Å²) in [6, 6.07) is 2.16. The van der Waals surface area contributed by atoms with Crippen LogP contribution in [0.2, 0.25) is 0 Å². The number of rotatable bonds is 6. The third-order valence-corrected chi connectivity index (χ3v) is 4.78. The fourth-order valence-electron chi connectivity index (χ4n) is 1.48. The molecule has 1 rings (SSSR count). The van der Waals surface area contributed by atoms with Gasteiger partial charge < -0.3 is 10.5 Å². The zero-order valence-corrected chi connectivity index (χ0v) is 13.4. The Kier molecular flexibility index (Phi) is 5.64. The van der Waals surface area contributed by atoms with Crippen molar-refractivity contribution in [3.8, 4) is 0 Å². The number of ether oxygens (including phenoxy) is 1. The van der Waals surface area contributed by atoms with Crippen molar-refractivity contribution < 1.29 is 4.74 Å². The summed E-state index contributed by atoms with van der Waals surface area (Å²) in [5.74, 6) is 0. The van der Waals surface area contributed by atoms with Crippen LogP contribution in [0.15, 0.2) is 15.9 Å². The largest absolute Gasteiger partial charge is 0.365 e. The minimum Gasteiger partial charge on any atom is -0.365 e. The third-order valence-electron chi connectivity index (χ3n) is 3.03. The minimum absolute atomic E-state index is 0.00810. The summed E-state index contributed by atoms with van der Waals surface area (Å²) in [6.07, 6.45) is 1.89. The van der Waals surface area contributed by atoms with E-state index in [-0.39, 0.29) is 17.7 Å². The average molecular weight is 320 g/mol. The molecule has 17 heavy (non-hydrogen) atoms. The molecule has 0 fully saturated rings. The molecule has 4 heteroatoms. The molecule has 0 aliphatic heterocycles. The molecule has 98 valence electrons. The van der Waals surface area contributed by atoms with Crippen molar-refractivity contribution in [2.45, 2.75) is 58.3 Å². The molecular weight excluding hydrogens is 298 g/mol. The fraction of sp³-hybridized carbons (Fsp3) is 0.692. The molecule has 0 radical (unpaired) electrons. The smallest absolute Gasteiger partial charge is 0.107 e. The van der Waals surface area contributed by atoms with Crippen molar-refractivity contribution in [3.63, 3.8) is 0 Å². The topological polar surface area (TPSA) is 35.2 Å². The Bertz CT molecular complexity index is 351. The van der Waals surface area contributed by atoms with Crippen molar-refractivity contribution in [3.05, 3.63) is 20.8 Å². The van der Waals surface area contributed by atoms with Crippen molar-refractivity contribution in [1.29, 1.82) is 0 Å². The lowest BCUT2D eigenvalue weighted by molar-refractivity contribution is -0.0843. The van der Waals surface area contributed by atoms with E-state index in [1.54, 1.807) is 11.3 Å². The highest BCUT2D eigenvalue weighted by Gasteiger charge is 2.28. The lowest BCUT2D eigenvalue weighted by atomic mass is 10.0. The molecule has 1 aromatic rings. The van der Waals surface area contributed by atoms with Gasteiger partial charge in [0.2, 0.25) is 0 Å². The van der Waals surface area contributed by atoms with Crippen molar-refractivity contribution in [2.24, 2.45) is 5.73 Å². The van der Waals surface area contributed by atoms with Crippen LogP contribution in [0.1, 0.15) is 51.5 Å². The Morgan fingerprint density at radius 3 is 2.53 bits per heavy atom. The van der Waals surface area contributed by atoms with Gasteiger partial charge in [-0.2, -0.15) is 0 Å². The first-order valence-corrected chi connectivity index (χ1v) is 7.74. The lowest BCUT2D eigenvalue weighted by Crippen LogP contribution is -2.35. The second-order valence-corrected chi connectivity index (χ2v) is 6.75. The normalized spacial score (nSPS) is 15.9. The first-order chi connectivity index (χ1) is 7.89. The summed E-state index contributed by atoms with van der Waals surface area (Å²) >= 11 is 5.18. The maximum absolute atomic E-state index is 6.20. The Hall–Kier alpha value is 0.1000. The Morgan fingerprint density at radius 1 is 1.47 bits per heavy atom. The van der Waals surface area contributed by atoms with Crippen LogP contribution in [0.3, 0.4) is 0 Å². The van der Waals surface area contributed by atoms with Gasteiger partial charge in [0, 0.05) is 20.8 Å². The van der Waals surface area contributed by atoms with E-state index in [0.717, 1.165) is 17.3 Å². The highest BCUT2D eigenvalue weighted by Crippen LogP contribution is 2.34. The molecule has 0 saturated heterocycles. The van der Waals surface area contributed by atoms with Crippen molar-refractivity contribution in [1.82, 2.24) is 0 Å². The summed E-state index contributed by atoms with van der Waals surface area (Å²) in [7, 11) is 0. The standard InChI is InChI=1S/C13H22BrNOS/c1-5-10(15)12(16-13(3,4)6-2)11-7-9(14)8-17-11/h7-8,10,12H,5-6,15H2,1-4H3. The highest BCUT2D eigenvalue weighted by atomic mass is 79.9. The lowest BCUT2D eigenvalue weighted by Gasteiger charge is -2.32. The van der Waals surface area contributed by atoms with E-state index >= 15 is 0 Å². The van der Waals surface area contributed by atoms with Crippen LogP contribution in [0.25, 0.3) is 0 Å². The van der Waals surface area contributed by atoms with E-state index < -0.39 is 0 Å². The van der Waals surface area contributed by atoms with E-state index in [0.29, 0.717) is 0 Å². The van der Waals surface area contributed by atoms with Crippen LogP contribution >= 0.6 is 27.3 Å². The molecule has 0 aliphatic carbocycles. The van der Waals surface area contributed by atoms with Gasteiger partial charge in [-0.15, -0.1) is 11.3 Å². The minimum atomic E-state index is -0.131. The molecule has 0 amide bonds. The number of nitrogens with two attached hydrogens (primary N) is 1. The van der Waals surface area contributed by atoms with Crippen LogP contribution in [0, 0.1) is 0 Å². The molecule has 0 bridgehead atoms. The number of hydrogen-bond acceptors (Lipinski definition) is 3.